The quantitative estimate of drug-likeness (QED) is 0.942. The smallest absolute Gasteiger partial charge is 0.255 e. The van der Waals surface area contributed by atoms with Crippen molar-refractivity contribution in [1.29, 1.82) is 0 Å². The van der Waals surface area contributed by atoms with Crippen LogP contribution in [0.5, 0.6) is 5.75 Å². The number of amides is 1. The second kappa shape index (κ2) is 7.01. The molecule has 2 unspecified atom stereocenters. The molecule has 0 saturated carbocycles. The molecule has 2 heterocycles. The van der Waals surface area contributed by atoms with Gasteiger partial charge < -0.3 is 15.4 Å². The first-order valence-corrected chi connectivity index (χ1v) is 8.24. The minimum Gasteiger partial charge on any atom is -0.497 e. The Morgan fingerprint density at radius 2 is 2.00 bits per heavy atom. The SMILES string of the molecule is COc1ccc(-c2cncc(C(=O)N3CCC(N)CC3C)c2)cc1. The van der Waals surface area contributed by atoms with Crippen molar-refractivity contribution < 1.29 is 9.53 Å². The van der Waals surface area contributed by atoms with Crippen LogP contribution in [-0.4, -0.2) is 41.5 Å². The number of nitrogens with two attached hydrogens (primary N) is 1. The molecule has 126 valence electrons. The molecule has 1 fully saturated rings. The highest BCUT2D eigenvalue weighted by molar-refractivity contribution is 5.95. The van der Waals surface area contributed by atoms with E-state index in [9.17, 15) is 4.79 Å². The average Bonchev–Trinajstić information content (AvgIpc) is 2.61. The summed E-state index contributed by atoms with van der Waals surface area (Å²) in [6, 6.07) is 9.98. The molecule has 5 heteroatoms. The Morgan fingerprint density at radius 1 is 1.25 bits per heavy atom. The van der Waals surface area contributed by atoms with Gasteiger partial charge in [0.15, 0.2) is 0 Å². The monoisotopic (exact) mass is 325 g/mol. The van der Waals surface area contributed by atoms with Crippen molar-refractivity contribution >= 4 is 5.91 Å². The fraction of sp³-hybridized carbons (Fsp3) is 0.368. The predicted molar refractivity (Wildman–Crippen MR) is 93.9 cm³/mol. The topological polar surface area (TPSA) is 68.5 Å². The zero-order chi connectivity index (χ0) is 17.1. The van der Waals surface area contributed by atoms with Crippen molar-refractivity contribution in [2.24, 2.45) is 5.73 Å². The van der Waals surface area contributed by atoms with E-state index < -0.39 is 0 Å². The van der Waals surface area contributed by atoms with Crippen molar-refractivity contribution in [3.63, 3.8) is 0 Å². The maximum Gasteiger partial charge on any atom is 0.255 e. The molecule has 0 aliphatic carbocycles. The fourth-order valence-electron chi connectivity index (χ4n) is 3.17. The molecule has 2 aromatic rings. The maximum atomic E-state index is 12.8. The average molecular weight is 325 g/mol. The number of piperidine rings is 1. The lowest BCUT2D eigenvalue weighted by molar-refractivity contribution is 0.0618. The van der Waals surface area contributed by atoms with Gasteiger partial charge in [0.25, 0.3) is 5.91 Å². The molecule has 0 radical (unpaired) electrons. The zero-order valence-electron chi connectivity index (χ0n) is 14.1. The first kappa shape index (κ1) is 16.5. The number of aromatic nitrogens is 1. The lowest BCUT2D eigenvalue weighted by Gasteiger charge is -2.36. The van der Waals surface area contributed by atoms with Crippen molar-refractivity contribution in [3.05, 3.63) is 48.3 Å². The van der Waals surface area contributed by atoms with Gasteiger partial charge in [0.1, 0.15) is 5.75 Å². The number of hydrogen-bond donors (Lipinski definition) is 1. The van der Waals surface area contributed by atoms with Crippen LogP contribution in [-0.2, 0) is 0 Å². The van der Waals surface area contributed by atoms with Crippen LogP contribution in [0.1, 0.15) is 30.1 Å². The van der Waals surface area contributed by atoms with Crippen LogP contribution in [0.2, 0.25) is 0 Å². The highest BCUT2D eigenvalue weighted by Crippen LogP contribution is 2.24. The van der Waals surface area contributed by atoms with E-state index in [4.69, 9.17) is 10.5 Å². The number of hydrogen-bond acceptors (Lipinski definition) is 4. The van der Waals surface area contributed by atoms with E-state index in [1.807, 2.05) is 35.2 Å². The van der Waals surface area contributed by atoms with Crippen LogP contribution in [0.4, 0.5) is 0 Å². The second-order valence-corrected chi connectivity index (χ2v) is 6.32. The van der Waals surface area contributed by atoms with Crippen molar-refractivity contribution in [3.8, 4) is 16.9 Å². The van der Waals surface area contributed by atoms with E-state index in [0.717, 1.165) is 29.7 Å². The van der Waals surface area contributed by atoms with Gasteiger partial charge in [-0.3, -0.25) is 9.78 Å². The van der Waals surface area contributed by atoms with E-state index in [-0.39, 0.29) is 18.0 Å². The number of pyridine rings is 1. The van der Waals surface area contributed by atoms with Crippen molar-refractivity contribution in [1.82, 2.24) is 9.88 Å². The molecule has 0 bridgehead atoms. The maximum absolute atomic E-state index is 12.8. The van der Waals surface area contributed by atoms with E-state index in [2.05, 4.69) is 11.9 Å². The lowest BCUT2D eigenvalue weighted by Crippen LogP contribution is -2.48. The number of carbonyl (C=O) groups excluding carboxylic acids is 1. The molecular formula is C19H23N3O2. The highest BCUT2D eigenvalue weighted by atomic mass is 16.5. The summed E-state index contributed by atoms with van der Waals surface area (Å²) < 4.78 is 5.18. The molecule has 1 aromatic carbocycles. The molecule has 1 aliphatic rings. The number of ether oxygens (including phenoxy) is 1. The van der Waals surface area contributed by atoms with Crippen LogP contribution >= 0.6 is 0 Å². The minimum absolute atomic E-state index is 0.0252. The summed E-state index contributed by atoms with van der Waals surface area (Å²) in [7, 11) is 1.64. The molecule has 1 aliphatic heterocycles. The first-order chi connectivity index (χ1) is 11.6. The minimum atomic E-state index is 0.0252. The fourth-order valence-corrected chi connectivity index (χ4v) is 3.17. The Hall–Kier alpha value is -2.40. The molecular weight excluding hydrogens is 302 g/mol. The molecule has 1 saturated heterocycles. The van der Waals surface area contributed by atoms with Crippen LogP contribution < -0.4 is 10.5 Å². The summed E-state index contributed by atoms with van der Waals surface area (Å²) in [6.45, 7) is 2.76. The van der Waals surface area contributed by atoms with E-state index in [1.165, 1.54) is 0 Å². The Morgan fingerprint density at radius 3 is 2.67 bits per heavy atom. The summed E-state index contributed by atoms with van der Waals surface area (Å²) in [5.41, 5.74) is 8.53. The molecule has 0 spiro atoms. The Kier molecular flexibility index (Phi) is 4.81. The van der Waals surface area contributed by atoms with Gasteiger partial charge in [0.05, 0.1) is 12.7 Å². The molecule has 2 atom stereocenters. The van der Waals surface area contributed by atoms with Crippen LogP contribution in [0, 0.1) is 0 Å². The first-order valence-electron chi connectivity index (χ1n) is 8.24. The van der Waals surface area contributed by atoms with Crippen LogP contribution in [0.3, 0.4) is 0 Å². The molecule has 1 amide bonds. The third-order valence-corrected chi connectivity index (χ3v) is 4.59. The van der Waals surface area contributed by atoms with Gasteiger partial charge in [-0.15, -0.1) is 0 Å². The van der Waals surface area contributed by atoms with Crippen LogP contribution in [0.25, 0.3) is 11.1 Å². The third-order valence-electron chi connectivity index (χ3n) is 4.59. The second-order valence-electron chi connectivity index (χ2n) is 6.32. The van der Waals surface area contributed by atoms with Gasteiger partial charge in [0, 0.05) is 36.6 Å². The molecule has 2 N–H and O–H groups in total. The van der Waals surface area contributed by atoms with Crippen LogP contribution in [0.15, 0.2) is 42.7 Å². The highest BCUT2D eigenvalue weighted by Gasteiger charge is 2.27. The lowest BCUT2D eigenvalue weighted by atomic mass is 9.98. The number of rotatable bonds is 3. The van der Waals surface area contributed by atoms with Crippen molar-refractivity contribution in [2.45, 2.75) is 31.8 Å². The van der Waals surface area contributed by atoms with Gasteiger partial charge in [0.2, 0.25) is 0 Å². The standard InChI is InChI=1S/C19H23N3O2/c1-13-9-17(20)7-8-22(13)19(23)16-10-15(11-21-12-16)14-3-5-18(24-2)6-4-14/h3-6,10-13,17H,7-9,20H2,1-2H3. The number of nitrogens with zero attached hydrogens (tertiary/aromatic N) is 2. The Bertz CT molecular complexity index is 715. The third kappa shape index (κ3) is 3.41. The van der Waals surface area contributed by atoms with E-state index >= 15 is 0 Å². The molecule has 1 aromatic heterocycles. The van der Waals surface area contributed by atoms with Gasteiger partial charge >= 0.3 is 0 Å². The number of benzene rings is 1. The van der Waals surface area contributed by atoms with E-state index in [1.54, 1.807) is 19.5 Å². The summed E-state index contributed by atoms with van der Waals surface area (Å²) >= 11 is 0. The summed E-state index contributed by atoms with van der Waals surface area (Å²) in [4.78, 5) is 19.0. The van der Waals surface area contributed by atoms with Crippen molar-refractivity contribution in [2.75, 3.05) is 13.7 Å². The van der Waals surface area contributed by atoms with Gasteiger partial charge in [-0.1, -0.05) is 12.1 Å². The number of likely N-dealkylation sites (tertiary alicyclic amines) is 1. The summed E-state index contributed by atoms with van der Waals surface area (Å²) in [5.74, 6) is 0.828. The van der Waals surface area contributed by atoms with Gasteiger partial charge in [-0.05, 0) is 43.5 Å². The predicted octanol–water partition coefficient (Wildman–Crippen LogP) is 2.71. The van der Waals surface area contributed by atoms with Gasteiger partial charge in [-0.25, -0.2) is 0 Å². The van der Waals surface area contributed by atoms with E-state index in [0.29, 0.717) is 12.1 Å². The molecule has 24 heavy (non-hydrogen) atoms. The van der Waals surface area contributed by atoms with Gasteiger partial charge in [-0.2, -0.15) is 0 Å². The Balaban J connectivity index is 1.83. The summed E-state index contributed by atoms with van der Waals surface area (Å²) in [5, 5.41) is 0. The number of methoxy groups -OCH3 is 1. The normalized spacial score (nSPS) is 20.7. The summed E-state index contributed by atoms with van der Waals surface area (Å²) in [6.07, 6.45) is 5.10. The largest absolute Gasteiger partial charge is 0.497 e. The molecule has 3 rings (SSSR count). The zero-order valence-corrected chi connectivity index (χ0v) is 14.1. The number of carbonyl (C=O) groups is 1. The molecule has 5 nitrogen and oxygen atoms in total. The Labute approximate surface area is 142 Å².